The van der Waals surface area contributed by atoms with Crippen LogP contribution in [0.25, 0.3) is 0 Å². The molecule has 0 saturated carbocycles. The third-order valence-electron chi connectivity index (χ3n) is 2.82. The fourth-order valence-corrected chi connectivity index (χ4v) is 1.69. The van der Waals surface area contributed by atoms with Crippen LogP contribution < -0.4 is 4.74 Å². The maximum Gasteiger partial charge on any atom is 0.261 e. The van der Waals surface area contributed by atoms with E-state index < -0.39 is 10.1 Å². The van der Waals surface area contributed by atoms with Crippen molar-refractivity contribution in [1.29, 1.82) is 0 Å². The molecule has 26 heavy (non-hydrogen) atoms. The Hall–Kier alpha value is -1.57. The van der Waals surface area contributed by atoms with Crippen LogP contribution in [0.4, 0.5) is 5.69 Å². The van der Waals surface area contributed by atoms with Crippen LogP contribution in [-0.2, 0) is 36.8 Å². The molecule has 0 aliphatic rings. The van der Waals surface area contributed by atoms with Gasteiger partial charge >= 0.3 is 0 Å². The summed E-state index contributed by atoms with van der Waals surface area (Å²) in [5.74, 6) is 0.815. The number of aliphatic hydroxyl groups excluding tert-OH is 1. The topological polar surface area (TPSA) is 96.2 Å². The summed E-state index contributed by atoms with van der Waals surface area (Å²) in [6.45, 7) is 1.97. The second-order valence-corrected chi connectivity index (χ2v) is 6.36. The first-order valence-electron chi connectivity index (χ1n) is 6.96. The van der Waals surface area contributed by atoms with E-state index in [1.807, 2.05) is 43.3 Å². The summed E-state index contributed by atoms with van der Waals surface area (Å²) in [7, 11) is -2.03. The van der Waals surface area contributed by atoms with Gasteiger partial charge in [0.15, 0.2) is 0 Å². The molecule has 0 aliphatic heterocycles. The number of hydrogen-bond donors (Lipinski definition) is 2. The Bertz CT molecular complexity index is 764. The van der Waals surface area contributed by atoms with Crippen molar-refractivity contribution in [2.24, 2.45) is 4.99 Å². The molecule has 0 saturated heterocycles. The van der Waals surface area contributed by atoms with Crippen molar-refractivity contribution < 1.29 is 42.9 Å². The zero-order valence-electron chi connectivity index (χ0n) is 15.1. The van der Waals surface area contributed by atoms with E-state index in [9.17, 15) is 8.42 Å². The van der Waals surface area contributed by atoms with Gasteiger partial charge in [-0.1, -0.05) is 6.92 Å². The molecular formula is C18H23IrNO5S-2. The predicted molar refractivity (Wildman–Crippen MR) is 100.0 cm³/mol. The minimum absolute atomic E-state index is 0. The van der Waals surface area contributed by atoms with Crippen molar-refractivity contribution in [1.82, 2.24) is 0 Å². The van der Waals surface area contributed by atoms with Crippen LogP contribution in [0.3, 0.4) is 0 Å². The van der Waals surface area contributed by atoms with Crippen LogP contribution in [0.5, 0.6) is 5.75 Å². The van der Waals surface area contributed by atoms with Crippen LogP contribution in [0.2, 0.25) is 0 Å². The molecule has 0 aromatic heterocycles. The quantitative estimate of drug-likeness (QED) is 0.342. The molecule has 0 heterocycles. The fourth-order valence-electron chi connectivity index (χ4n) is 1.69. The molecule has 0 amide bonds. The van der Waals surface area contributed by atoms with E-state index in [-0.39, 0.29) is 34.1 Å². The third-order valence-corrected chi connectivity index (χ3v) is 2.82. The molecule has 0 bridgehead atoms. The third kappa shape index (κ3) is 11.1. The molecule has 0 atom stereocenters. The number of aliphatic hydroxyl groups is 1. The summed E-state index contributed by atoms with van der Waals surface area (Å²) in [4.78, 5) is 4.53. The Balaban J connectivity index is 0. The Labute approximate surface area is 169 Å². The minimum Gasteiger partial charge on any atom is -0.497 e. The number of aliphatic imine (C=N–C) groups is 1. The van der Waals surface area contributed by atoms with Crippen molar-refractivity contribution in [3.63, 3.8) is 0 Å². The molecule has 2 aromatic carbocycles. The van der Waals surface area contributed by atoms with Gasteiger partial charge < -0.3 is 22.3 Å². The summed E-state index contributed by atoms with van der Waals surface area (Å²) >= 11 is 0. The molecule has 2 N–H and O–H groups in total. The van der Waals surface area contributed by atoms with Crippen LogP contribution in [0.15, 0.2) is 47.5 Å². The van der Waals surface area contributed by atoms with Gasteiger partial charge in [0.1, 0.15) is 5.75 Å². The first-order valence-corrected chi connectivity index (χ1v) is 8.81. The van der Waals surface area contributed by atoms with Crippen molar-refractivity contribution in [3.8, 4) is 5.75 Å². The summed E-state index contributed by atoms with van der Waals surface area (Å²) in [6.07, 6.45) is 0.715. The number of methoxy groups -OCH3 is 1. The molecule has 0 aliphatic carbocycles. The summed E-state index contributed by atoms with van der Waals surface area (Å²) in [5.41, 5.74) is 3.53. The molecule has 2 aromatic rings. The van der Waals surface area contributed by atoms with Crippen LogP contribution >= 0.6 is 0 Å². The first kappa shape index (κ1) is 26.7. The van der Waals surface area contributed by atoms with Gasteiger partial charge in [0.25, 0.3) is 10.1 Å². The number of benzene rings is 2. The molecular weight excluding hydrogens is 534 g/mol. The van der Waals surface area contributed by atoms with E-state index in [1.165, 1.54) is 0 Å². The smallest absolute Gasteiger partial charge is 0.261 e. The number of rotatable bonds is 4. The molecule has 147 valence electrons. The Morgan fingerprint density at radius 3 is 2.12 bits per heavy atom. The maximum atomic E-state index is 9.19. The van der Waals surface area contributed by atoms with Gasteiger partial charge in [0.2, 0.25) is 0 Å². The van der Waals surface area contributed by atoms with Crippen LogP contribution in [0, 0.1) is 13.5 Å². The molecule has 0 unspecified atom stereocenters. The Kier molecular flexibility index (Phi) is 13.1. The van der Waals surface area contributed by atoms with E-state index in [2.05, 4.69) is 11.1 Å². The molecule has 6 nitrogen and oxygen atoms in total. The summed E-state index contributed by atoms with van der Waals surface area (Å²) < 4.78 is 31.0. The molecule has 2 rings (SSSR count). The molecule has 8 heteroatoms. The van der Waals surface area contributed by atoms with E-state index >= 15 is 0 Å². The monoisotopic (exact) mass is 558 g/mol. The number of nitrogens with zero attached hydrogens (tertiary/aromatic N) is 1. The molecule has 1 radical (unpaired) electrons. The average Bonchev–Trinajstić information content (AvgIpc) is 2.54. The normalized spacial score (nSPS) is 10.6. The Morgan fingerprint density at radius 1 is 1.19 bits per heavy atom. The van der Waals surface area contributed by atoms with E-state index in [1.54, 1.807) is 13.2 Å². The van der Waals surface area contributed by atoms with E-state index in [0.717, 1.165) is 28.3 Å². The van der Waals surface area contributed by atoms with Crippen molar-refractivity contribution in [3.05, 3.63) is 67.1 Å². The largest absolute Gasteiger partial charge is 0.497 e. The number of hydrogen-bond acceptors (Lipinski definition) is 5. The van der Waals surface area contributed by atoms with Gasteiger partial charge in [-0.05, 0) is 30.0 Å². The van der Waals surface area contributed by atoms with Crippen molar-refractivity contribution in [2.45, 2.75) is 13.5 Å². The maximum absolute atomic E-state index is 9.19. The van der Waals surface area contributed by atoms with Gasteiger partial charge in [0, 0.05) is 26.7 Å². The fraction of sp³-hybridized carbons (Fsp3) is 0.222. The van der Waals surface area contributed by atoms with Gasteiger partial charge in [0.05, 0.1) is 19.1 Å². The second kappa shape index (κ2) is 12.7. The minimum atomic E-state index is -3.67. The zero-order valence-corrected chi connectivity index (χ0v) is 18.3. The van der Waals surface area contributed by atoms with Gasteiger partial charge in [-0.15, -0.1) is 35.4 Å². The van der Waals surface area contributed by atoms with Crippen molar-refractivity contribution in [2.75, 3.05) is 13.4 Å². The summed E-state index contributed by atoms with van der Waals surface area (Å²) in [5, 5.41) is 8.99. The zero-order chi connectivity index (χ0) is 18.2. The van der Waals surface area contributed by atoms with E-state index in [4.69, 9.17) is 14.4 Å². The van der Waals surface area contributed by atoms with E-state index in [0.29, 0.717) is 6.26 Å². The molecule has 0 fully saturated rings. The SMILES string of the molecule is COc1ccc(N=C(C)c2[c-]cc(CO)cc2)cc1.CS(=O)(=O)O.[CH3-].[Ir]. The second-order valence-electron chi connectivity index (χ2n) is 4.90. The van der Waals surface area contributed by atoms with Crippen molar-refractivity contribution >= 4 is 21.5 Å². The van der Waals surface area contributed by atoms with Crippen LogP contribution in [0.1, 0.15) is 18.1 Å². The van der Waals surface area contributed by atoms with Crippen LogP contribution in [-0.4, -0.2) is 37.2 Å². The van der Waals surface area contributed by atoms with Gasteiger partial charge in [-0.3, -0.25) is 4.55 Å². The Morgan fingerprint density at radius 2 is 1.73 bits per heavy atom. The average molecular weight is 558 g/mol. The number of ether oxygens (including phenoxy) is 1. The summed E-state index contributed by atoms with van der Waals surface area (Å²) in [6, 6.07) is 16.3. The standard InChI is InChI=1S/C16H16NO2.CH4O3S.CH3.Ir/c1-12(14-5-3-13(11-18)4-6-14)17-15-7-9-16(19-2)10-8-15;1-5(2,3)4;;/h3-5,7-10,18H,11H2,1-2H3;1H3,(H,2,3,4);1H3;/q-1;;-1;. The van der Waals surface area contributed by atoms with Gasteiger partial charge in [-0.25, -0.2) is 0 Å². The molecule has 0 spiro atoms. The van der Waals surface area contributed by atoms with Gasteiger partial charge in [-0.2, -0.15) is 8.42 Å². The predicted octanol–water partition coefficient (Wildman–Crippen LogP) is 3.08. The first-order chi connectivity index (χ1) is 11.2.